The van der Waals surface area contributed by atoms with Crippen LogP contribution in [0.15, 0.2) is 29.2 Å². The van der Waals surface area contributed by atoms with Crippen molar-refractivity contribution < 1.29 is 17.6 Å². The third-order valence-electron chi connectivity index (χ3n) is 3.96. The molecular formula is C15H22FN3O3S. The first-order chi connectivity index (χ1) is 10.8. The molecule has 2 N–H and O–H groups in total. The van der Waals surface area contributed by atoms with Crippen molar-refractivity contribution in [1.29, 1.82) is 0 Å². The van der Waals surface area contributed by atoms with E-state index in [2.05, 4.69) is 0 Å². The van der Waals surface area contributed by atoms with Crippen molar-refractivity contribution in [3.05, 3.63) is 30.1 Å². The summed E-state index contributed by atoms with van der Waals surface area (Å²) in [6, 6.07) is 4.73. The summed E-state index contributed by atoms with van der Waals surface area (Å²) in [5, 5.41) is 0. The summed E-state index contributed by atoms with van der Waals surface area (Å²) in [5.74, 6) is -0.480. The summed E-state index contributed by atoms with van der Waals surface area (Å²) >= 11 is 0. The van der Waals surface area contributed by atoms with E-state index in [9.17, 15) is 17.6 Å². The molecule has 1 heterocycles. The highest BCUT2D eigenvalue weighted by molar-refractivity contribution is 7.89. The van der Waals surface area contributed by atoms with E-state index in [1.165, 1.54) is 23.5 Å². The average Bonchev–Trinajstić information content (AvgIpc) is 2.94. The van der Waals surface area contributed by atoms with Gasteiger partial charge < -0.3 is 10.6 Å². The number of carbonyl (C=O) groups is 1. The number of halogens is 1. The Bertz CT molecular complexity index is 648. The second kappa shape index (κ2) is 7.37. The summed E-state index contributed by atoms with van der Waals surface area (Å²) in [6.45, 7) is 1.47. The molecular weight excluding hydrogens is 321 g/mol. The van der Waals surface area contributed by atoms with Gasteiger partial charge in [0.2, 0.25) is 15.9 Å². The van der Waals surface area contributed by atoms with Crippen molar-refractivity contribution in [1.82, 2.24) is 9.21 Å². The number of sulfonamides is 1. The molecule has 6 nitrogen and oxygen atoms in total. The van der Waals surface area contributed by atoms with Gasteiger partial charge in [0.1, 0.15) is 5.82 Å². The Morgan fingerprint density at radius 1 is 1.39 bits per heavy atom. The van der Waals surface area contributed by atoms with Gasteiger partial charge in [-0.1, -0.05) is 0 Å². The normalized spacial score (nSPS) is 18.6. The van der Waals surface area contributed by atoms with Crippen LogP contribution in [0.1, 0.15) is 19.3 Å². The molecule has 1 aromatic carbocycles. The van der Waals surface area contributed by atoms with E-state index in [0.717, 1.165) is 18.6 Å². The minimum Gasteiger partial charge on any atom is -0.341 e. The van der Waals surface area contributed by atoms with Crippen LogP contribution >= 0.6 is 0 Å². The first kappa shape index (κ1) is 17.8. The molecule has 23 heavy (non-hydrogen) atoms. The van der Waals surface area contributed by atoms with Crippen molar-refractivity contribution in [2.75, 3.05) is 26.7 Å². The lowest BCUT2D eigenvalue weighted by Crippen LogP contribution is -2.33. The summed E-state index contributed by atoms with van der Waals surface area (Å²) in [4.78, 5) is 13.8. The van der Waals surface area contributed by atoms with Crippen LogP contribution in [0.4, 0.5) is 4.39 Å². The number of rotatable bonds is 6. The molecule has 0 aliphatic carbocycles. The van der Waals surface area contributed by atoms with Gasteiger partial charge in [0.15, 0.2) is 0 Å². The van der Waals surface area contributed by atoms with Crippen LogP contribution in [0.5, 0.6) is 0 Å². The first-order valence-electron chi connectivity index (χ1n) is 7.56. The Labute approximate surface area is 136 Å². The first-order valence-corrected chi connectivity index (χ1v) is 9.00. The van der Waals surface area contributed by atoms with Crippen molar-refractivity contribution in [3.63, 3.8) is 0 Å². The highest BCUT2D eigenvalue weighted by atomic mass is 32.2. The van der Waals surface area contributed by atoms with Gasteiger partial charge in [-0.2, -0.15) is 0 Å². The molecule has 1 aliphatic rings. The molecule has 1 aromatic rings. The lowest BCUT2D eigenvalue weighted by atomic mass is 10.3. The van der Waals surface area contributed by atoms with Crippen molar-refractivity contribution >= 4 is 15.9 Å². The van der Waals surface area contributed by atoms with E-state index < -0.39 is 15.8 Å². The maximum Gasteiger partial charge on any atom is 0.242 e. The van der Waals surface area contributed by atoms with Gasteiger partial charge in [-0.25, -0.2) is 17.1 Å². The lowest BCUT2D eigenvalue weighted by molar-refractivity contribution is -0.130. The number of likely N-dealkylation sites (tertiary alicyclic amines) is 1. The maximum absolute atomic E-state index is 12.9. The minimum absolute atomic E-state index is 0.00512. The number of hydrogen-bond donors (Lipinski definition) is 1. The van der Waals surface area contributed by atoms with E-state index in [4.69, 9.17) is 5.73 Å². The number of nitrogens with zero attached hydrogens (tertiary/aromatic N) is 2. The summed E-state index contributed by atoms with van der Waals surface area (Å²) in [5.41, 5.74) is 5.76. The van der Waals surface area contributed by atoms with Gasteiger partial charge >= 0.3 is 0 Å². The number of amides is 1. The van der Waals surface area contributed by atoms with E-state index >= 15 is 0 Å². The Balaban J connectivity index is 1.85. The monoisotopic (exact) mass is 343 g/mol. The molecule has 0 bridgehead atoms. The fourth-order valence-corrected chi connectivity index (χ4v) is 3.74. The third kappa shape index (κ3) is 4.49. The molecule has 1 aliphatic heterocycles. The van der Waals surface area contributed by atoms with E-state index in [1.54, 1.807) is 4.90 Å². The van der Waals surface area contributed by atoms with Crippen molar-refractivity contribution in [2.24, 2.45) is 5.73 Å². The molecule has 1 fully saturated rings. The van der Waals surface area contributed by atoms with Crippen LogP contribution in [0.25, 0.3) is 0 Å². The van der Waals surface area contributed by atoms with Gasteiger partial charge in [-0.3, -0.25) is 4.79 Å². The number of hydrogen-bond acceptors (Lipinski definition) is 4. The topological polar surface area (TPSA) is 83.7 Å². The number of benzene rings is 1. The van der Waals surface area contributed by atoms with Crippen LogP contribution in [0.3, 0.4) is 0 Å². The lowest BCUT2D eigenvalue weighted by Gasteiger charge is -2.19. The fourth-order valence-electron chi connectivity index (χ4n) is 2.53. The van der Waals surface area contributed by atoms with Gasteiger partial charge in [-0.15, -0.1) is 0 Å². The largest absolute Gasteiger partial charge is 0.341 e. The van der Waals surface area contributed by atoms with Crippen molar-refractivity contribution in [3.8, 4) is 0 Å². The highest BCUT2D eigenvalue weighted by Crippen LogP contribution is 2.16. The Hall–Kier alpha value is -1.51. The molecule has 1 amide bonds. The Kier molecular flexibility index (Phi) is 5.72. The number of nitrogens with two attached hydrogens (primary N) is 1. The fraction of sp³-hybridized carbons (Fsp3) is 0.533. The second-order valence-corrected chi connectivity index (χ2v) is 7.82. The Morgan fingerprint density at radius 3 is 2.61 bits per heavy atom. The van der Waals surface area contributed by atoms with E-state index in [1.807, 2.05) is 0 Å². The van der Waals surface area contributed by atoms with Gasteiger partial charge in [-0.05, 0) is 37.1 Å². The molecule has 0 saturated carbocycles. The SMILES string of the molecule is CN(CCCC(=O)N1CC[C@@H](N)C1)S(=O)(=O)c1ccc(F)cc1. The van der Waals surface area contributed by atoms with Gasteiger partial charge in [0.25, 0.3) is 0 Å². The predicted octanol–water partition coefficient (Wildman–Crippen LogP) is 0.786. The zero-order valence-electron chi connectivity index (χ0n) is 13.1. The molecule has 2 rings (SSSR count). The number of carbonyl (C=O) groups excluding carboxylic acids is 1. The summed E-state index contributed by atoms with van der Waals surface area (Å²) in [6.07, 6.45) is 1.53. The zero-order valence-corrected chi connectivity index (χ0v) is 13.9. The molecule has 8 heteroatoms. The van der Waals surface area contributed by atoms with Crippen LogP contribution in [-0.4, -0.2) is 56.3 Å². The molecule has 0 aromatic heterocycles. The second-order valence-electron chi connectivity index (χ2n) is 5.77. The quantitative estimate of drug-likeness (QED) is 0.827. The Morgan fingerprint density at radius 2 is 2.04 bits per heavy atom. The van der Waals surface area contributed by atoms with Gasteiger partial charge in [0, 0.05) is 39.1 Å². The van der Waals surface area contributed by atoms with Crippen molar-refractivity contribution in [2.45, 2.75) is 30.2 Å². The van der Waals surface area contributed by atoms with Gasteiger partial charge in [0.05, 0.1) is 4.90 Å². The molecule has 0 spiro atoms. The third-order valence-corrected chi connectivity index (χ3v) is 5.83. The average molecular weight is 343 g/mol. The van der Waals surface area contributed by atoms with Crippen LogP contribution in [0.2, 0.25) is 0 Å². The predicted molar refractivity (Wildman–Crippen MR) is 84.6 cm³/mol. The summed E-state index contributed by atoms with van der Waals surface area (Å²) < 4.78 is 38.7. The summed E-state index contributed by atoms with van der Waals surface area (Å²) in [7, 11) is -2.21. The van der Waals surface area contributed by atoms with Crippen LogP contribution in [-0.2, 0) is 14.8 Å². The zero-order chi connectivity index (χ0) is 17.0. The molecule has 0 radical (unpaired) electrons. The van der Waals surface area contributed by atoms with E-state index in [-0.39, 0.29) is 29.8 Å². The van der Waals surface area contributed by atoms with Crippen LogP contribution in [0, 0.1) is 5.82 Å². The highest BCUT2D eigenvalue weighted by Gasteiger charge is 2.24. The van der Waals surface area contributed by atoms with E-state index in [0.29, 0.717) is 19.5 Å². The molecule has 128 valence electrons. The molecule has 1 atom stereocenters. The molecule has 1 saturated heterocycles. The minimum atomic E-state index is -3.66. The smallest absolute Gasteiger partial charge is 0.242 e. The molecule has 0 unspecified atom stereocenters. The maximum atomic E-state index is 12.9. The standard InChI is InChI=1S/C15H22FN3O3S/c1-18(23(21,22)14-6-4-12(16)5-7-14)9-2-3-15(20)19-10-8-13(17)11-19/h4-7,13H,2-3,8-11,17H2,1H3/t13-/m1/s1. The van der Waals surface area contributed by atoms with Crippen LogP contribution < -0.4 is 5.73 Å².